The average Bonchev–Trinajstić information content (AvgIpc) is 2.97. The van der Waals surface area contributed by atoms with Crippen molar-refractivity contribution in [2.24, 2.45) is 5.41 Å². The quantitative estimate of drug-likeness (QED) is 0.735. The SMILES string of the molecule is CC1(CNC(=O)c2ccc3c(c2)C(=O)N(C2CCCCC2)C3=O)CCNCC1.Cl. The summed E-state index contributed by atoms with van der Waals surface area (Å²) in [6.45, 7) is 4.75. The highest BCUT2D eigenvalue weighted by Crippen LogP contribution is 2.32. The van der Waals surface area contributed by atoms with Gasteiger partial charge in [0, 0.05) is 18.2 Å². The lowest BCUT2D eigenvalue weighted by molar-refractivity contribution is 0.0549. The van der Waals surface area contributed by atoms with Crippen LogP contribution in [0.4, 0.5) is 0 Å². The van der Waals surface area contributed by atoms with Crippen LogP contribution in [-0.2, 0) is 0 Å². The normalized spacial score (nSPS) is 21.5. The van der Waals surface area contributed by atoms with Gasteiger partial charge in [0.2, 0.25) is 0 Å². The van der Waals surface area contributed by atoms with Crippen LogP contribution in [0.25, 0.3) is 0 Å². The second-order valence-corrected chi connectivity index (χ2v) is 8.78. The highest BCUT2D eigenvalue weighted by Gasteiger charge is 2.40. The Bertz CT molecular complexity index is 798. The smallest absolute Gasteiger partial charge is 0.261 e. The summed E-state index contributed by atoms with van der Waals surface area (Å²) in [5, 5.41) is 6.37. The number of halogens is 1. The number of nitrogens with zero attached hydrogens (tertiary/aromatic N) is 1. The summed E-state index contributed by atoms with van der Waals surface area (Å²) in [5.41, 5.74) is 1.35. The minimum Gasteiger partial charge on any atom is -0.351 e. The maximum absolute atomic E-state index is 12.9. The second-order valence-electron chi connectivity index (χ2n) is 8.78. The van der Waals surface area contributed by atoms with E-state index in [2.05, 4.69) is 17.6 Å². The third kappa shape index (κ3) is 4.33. The molecule has 7 heteroatoms. The van der Waals surface area contributed by atoms with Gasteiger partial charge in [-0.15, -0.1) is 12.4 Å². The van der Waals surface area contributed by atoms with E-state index in [1.807, 2.05) is 0 Å². The van der Waals surface area contributed by atoms with Gasteiger partial charge < -0.3 is 10.6 Å². The van der Waals surface area contributed by atoms with E-state index in [1.54, 1.807) is 18.2 Å². The van der Waals surface area contributed by atoms with E-state index >= 15 is 0 Å². The molecule has 1 aromatic carbocycles. The monoisotopic (exact) mass is 419 g/mol. The van der Waals surface area contributed by atoms with Crippen LogP contribution in [0.1, 0.15) is 82.9 Å². The molecule has 0 unspecified atom stereocenters. The van der Waals surface area contributed by atoms with Crippen LogP contribution in [0.3, 0.4) is 0 Å². The van der Waals surface area contributed by atoms with E-state index in [4.69, 9.17) is 0 Å². The lowest BCUT2D eigenvalue weighted by atomic mass is 9.81. The predicted octanol–water partition coefficient (Wildman–Crippen LogP) is 3.16. The molecule has 2 fully saturated rings. The molecule has 0 atom stereocenters. The lowest BCUT2D eigenvalue weighted by Crippen LogP contribution is -2.42. The molecule has 29 heavy (non-hydrogen) atoms. The number of amides is 3. The minimum atomic E-state index is -0.244. The molecular formula is C22H30ClN3O3. The molecule has 1 aromatic rings. The van der Waals surface area contributed by atoms with Crippen molar-refractivity contribution >= 4 is 30.1 Å². The maximum Gasteiger partial charge on any atom is 0.261 e. The Morgan fingerprint density at radius 2 is 1.76 bits per heavy atom. The van der Waals surface area contributed by atoms with Gasteiger partial charge in [0.1, 0.15) is 0 Å². The molecule has 0 spiro atoms. The molecule has 6 nitrogen and oxygen atoms in total. The fourth-order valence-corrected chi connectivity index (χ4v) is 4.67. The summed E-state index contributed by atoms with van der Waals surface area (Å²) in [4.78, 5) is 39.8. The van der Waals surface area contributed by atoms with Crippen molar-refractivity contribution in [1.82, 2.24) is 15.5 Å². The molecule has 0 aromatic heterocycles. The largest absolute Gasteiger partial charge is 0.351 e. The number of hydrogen-bond acceptors (Lipinski definition) is 4. The highest BCUT2D eigenvalue weighted by atomic mass is 35.5. The summed E-state index contributed by atoms with van der Waals surface area (Å²) in [6, 6.07) is 4.89. The Hall–Kier alpha value is -1.92. The maximum atomic E-state index is 12.9. The number of benzene rings is 1. The van der Waals surface area contributed by atoms with Crippen LogP contribution >= 0.6 is 12.4 Å². The molecule has 1 aliphatic carbocycles. The molecular weight excluding hydrogens is 390 g/mol. The summed E-state index contributed by atoms with van der Waals surface area (Å²) in [6.07, 6.45) is 7.10. The van der Waals surface area contributed by atoms with E-state index in [1.165, 1.54) is 11.3 Å². The Balaban J connectivity index is 0.00000240. The first kappa shape index (κ1) is 21.8. The number of rotatable bonds is 4. The number of piperidine rings is 1. The fraction of sp³-hybridized carbons (Fsp3) is 0.591. The first-order valence-electron chi connectivity index (χ1n) is 10.5. The molecule has 2 heterocycles. The van der Waals surface area contributed by atoms with E-state index < -0.39 is 0 Å². The number of imide groups is 1. The van der Waals surface area contributed by atoms with Crippen molar-refractivity contribution in [1.29, 1.82) is 0 Å². The summed E-state index contributed by atoms with van der Waals surface area (Å²) in [5.74, 6) is -0.633. The van der Waals surface area contributed by atoms with Crippen LogP contribution in [0.15, 0.2) is 18.2 Å². The van der Waals surface area contributed by atoms with E-state index in [0.29, 0.717) is 23.2 Å². The van der Waals surface area contributed by atoms with Crippen molar-refractivity contribution in [3.63, 3.8) is 0 Å². The third-order valence-corrected chi connectivity index (χ3v) is 6.61. The Morgan fingerprint density at radius 1 is 1.10 bits per heavy atom. The van der Waals surface area contributed by atoms with Gasteiger partial charge in [0.15, 0.2) is 0 Å². The molecule has 3 aliphatic rings. The molecule has 2 N–H and O–H groups in total. The second kappa shape index (κ2) is 8.84. The molecule has 1 saturated heterocycles. The van der Waals surface area contributed by atoms with E-state index in [-0.39, 0.29) is 41.6 Å². The van der Waals surface area contributed by atoms with E-state index in [9.17, 15) is 14.4 Å². The number of nitrogens with one attached hydrogen (secondary N) is 2. The van der Waals surface area contributed by atoms with Crippen molar-refractivity contribution in [3.05, 3.63) is 34.9 Å². The zero-order valence-corrected chi connectivity index (χ0v) is 17.8. The molecule has 158 valence electrons. The summed E-state index contributed by atoms with van der Waals surface area (Å²) < 4.78 is 0. The standard InChI is InChI=1S/C22H29N3O3.ClH/c1-22(9-11-23-12-10-22)14-24-19(26)15-7-8-17-18(13-15)21(28)25(20(17)27)16-5-3-2-4-6-16;/h7-8,13,16,23H,2-6,9-12,14H2,1H3,(H,24,26);1H. The van der Waals surface area contributed by atoms with Gasteiger partial charge in [0.25, 0.3) is 17.7 Å². The number of carbonyl (C=O) groups is 3. The third-order valence-electron chi connectivity index (χ3n) is 6.61. The fourth-order valence-electron chi connectivity index (χ4n) is 4.67. The van der Waals surface area contributed by atoms with Crippen LogP contribution in [0.2, 0.25) is 0 Å². The zero-order chi connectivity index (χ0) is 19.7. The zero-order valence-electron chi connectivity index (χ0n) is 17.0. The van der Waals surface area contributed by atoms with Crippen LogP contribution in [0, 0.1) is 5.41 Å². The van der Waals surface area contributed by atoms with Crippen LogP contribution < -0.4 is 10.6 Å². The van der Waals surface area contributed by atoms with Gasteiger partial charge in [-0.1, -0.05) is 26.2 Å². The van der Waals surface area contributed by atoms with Crippen molar-refractivity contribution in [2.75, 3.05) is 19.6 Å². The van der Waals surface area contributed by atoms with Gasteiger partial charge in [0.05, 0.1) is 11.1 Å². The molecule has 0 bridgehead atoms. The van der Waals surface area contributed by atoms with Gasteiger partial charge in [-0.2, -0.15) is 0 Å². The van der Waals surface area contributed by atoms with Crippen molar-refractivity contribution in [3.8, 4) is 0 Å². The highest BCUT2D eigenvalue weighted by molar-refractivity contribution is 6.22. The van der Waals surface area contributed by atoms with Gasteiger partial charge in [-0.05, 0) is 62.4 Å². The Kier molecular flexibility index (Phi) is 6.64. The number of carbonyl (C=O) groups excluding carboxylic acids is 3. The van der Waals surface area contributed by atoms with E-state index in [0.717, 1.165) is 51.6 Å². The van der Waals surface area contributed by atoms with Gasteiger partial charge in [-0.25, -0.2) is 0 Å². The van der Waals surface area contributed by atoms with Gasteiger partial charge in [-0.3, -0.25) is 19.3 Å². The van der Waals surface area contributed by atoms with Gasteiger partial charge >= 0.3 is 0 Å². The van der Waals surface area contributed by atoms with Crippen molar-refractivity contribution in [2.45, 2.75) is 57.9 Å². The first-order valence-corrected chi connectivity index (χ1v) is 10.5. The van der Waals surface area contributed by atoms with Crippen LogP contribution in [0.5, 0.6) is 0 Å². The minimum absolute atomic E-state index is 0. The average molecular weight is 420 g/mol. The van der Waals surface area contributed by atoms with Crippen LogP contribution in [-0.4, -0.2) is 48.3 Å². The Labute approximate surface area is 178 Å². The first-order chi connectivity index (χ1) is 13.5. The molecule has 1 saturated carbocycles. The predicted molar refractivity (Wildman–Crippen MR) is 114 cm³/mol. The molecule has 0 radical (unpaired) electrons. The number of hydrogen-bond donors (Lipinski definition) is 2. The molecule has 2 aliphatic heterocycles. The summed E-state index contributed by atoms with van der Waals surface area (Å²) in [7, 11) is 0. The molecule has 3 amide bonds. The van der Waals surface area contributed by atoms with Crippen molar-refractivity contribution < 1.29 is 14.4 Å². The molecule has 4 rings (SSSR count). The topological polar surface area (TPSA) is 78.5 Å². The Morgan fingerprint density at radius 3 is 2.45 bits per heavy atom. The number of fused-ring (bicyclic) bond motifs is 1. The lowest BCUT2D eigenvalue weighted by Gasteiger charge is -2.34. The summed E-state index contributed by atoms with van der Waals surface area (Å²) >= 11 is 0.